The van der Waals surface area contributed by atoms with E-state index in [0.717, 1.165) is 0 Å². The third-order valence-electron chi connectivity index (χ3n) is 4.22. The second-order valence-corrected chi connectivity index (χ2v) is 7.30. The third-order valence-corrected chi connectivity index (χ3v) is 5.26. The largest absolute Gasteiger partial charge is 0.388 e. The average molecular weight is 354 g/mol. The van der Waals surface area contributed by atoms with E-state index in [9.17, 15) is 25.5 Å². The van der Waals surface area contributed by atoms with Gasteiger partial charge in [-0.15, -0.1) is 11.8 Å². The molecule has 0 aromatic carbocycles. The van der Waals surface area contributed by atoms with Crippen molar-refractivity contribution < 1.29 is 39.7 Å². The monoisotopic (exact) mass is 354 g/mol. The van der Waals surface area contributed by atoms with Gasteiger partial charge in [0, 0.05) is 0 Å². The molecular weight excluding hydrogens is 328 g/mol. The molecule has 9 heteroatoms. The molecule has 8 nitrogen and oxygen atoms in total. The maximum atomic E-state index is 10.3. The maximum Gasteiger partial charge on any atom is 0.187 e. The summed E-state index contributed by atoms with van der Waals surface area (Å²) in [6.45, 7) is 5.11. The smallest absolute Gasteiger partial charge is 0.187 e. The van der Waals surface area contributed by atoms with Crippen molar-refractivity contribution in [2.24, 2.45) is 0 Å². The third kappa shape index (κ3) is 4.00. The SMILES string of the molecule is CCS[C@H]1O[C@H](C)[C@@H](O)[C@H](O)[C@@H]1O[C@H]1O[C@H](C)[C@@H](O)[C@H](O)[C@@H]1O. The number of thioether (sulfide) groups is 1. The molecule has 23 heavy (non-hydrogen) atoms. The number of aliphatic hydroxyl groups excluding tert-OH is 5. The Hall–Kier alpha value is 0.0300. The zero-order chi connectivity index (χ0) is 17.3. The molecule has 0 radical (unpaired) electrons. The molecule has 0 bridgehead atoms. The summed E-state index contributed by atoms with van der Waals surface area (Å²) in [6.07, 6.45) is -9.99. The summed E-state index contributed by atoms with van der Waals surface area (Å²) in [7, 11) is 0. The van der Waals surface area contributed by atoms with Crippen molar-refractivity contribution in [3.63, 3.8) is 0 Å². The van der Waals surface area contributed by atoms with Crippen LogP contribution in [0.15, 0.2) is 0 Å². The van der Waals surface area contributed by atoms with Crippen LogP contribution in [0.4, 0.5) is 0 Å². The van der Waals surface area contributed by atoms with Gasteiger partial charge in [0.15, 0.2) is 6.29 Å². The van der Waals surface area contributed by atoms with Gasteiger partial charge in [0.1, 0.15) is 42.1 Å². The minimum Gasteiger partial charge on any atom is -0.388 e. The minimum atomic E-state index is -1.47. The molecule has 2 heterocycles. The molecule has 0 aromatic rings. The van der Waals surface area contributed by atoms with Gasteiger partial charge in [0.25, 0.3) is 0 Å². The first-order valence-electron chi connectivity index (χ1n) is 7.76. The van der Waals surface area contributed by atoms with E-state index in [1.165, 1.54) is 11.8 Å². The predicted molar refractivity (Wildman–Crippen MR) is 81.7 cm³/mol. The van der Waals surface area contributed by atoms with E-state index in [2.05, 4.69) is 0 Å². The average Bonchev–Trinajstić information content (AvgIpc) is 2.52. The Bertz CT molecular complexity index is 386. The fraction of sp³-hybridized carbons (Fsp3) is 1.00. The Balaban J connectivity index is 2.11. The lowest BCUT2D eigenvalue weighted by molar-refractivity contribution is -0.328. The molecule has 0 unspecified atom stereocenters. The van der Waals surface area contributed by atoms with E-state index in [1.807, 2.05) is 6.92 Å². The van der Waals surface area contributed by atoms with Gasteiger partial charge in [-0.2, -0.15) is 0 Å². The highest BCUT2D eigenvalue weighted by molar-refractivity contribution is 7.99. The van der Waals surface area contributed by atoms with Crippen LogP contribution in [-0.4, -0.2) is 91.8 Å². The highest BCUT2D eigenvalue weighted by Gasteiger charge is 2.49. The van der Waals surface area contributed by atoms with Gasteiger partial charge < -0.3 is 39.7 Å². The van der Waals surface area contributed by atoms with Crippen molar-refractivity contribution in [1.82, 2.24) is 0 Å². The van der Waals surface area contributed by atoms with Crippen molar-refractivity contribution in [1.29, 1.82) is 0 Å². The Kier molecular flexibility index (Phi) is 6.68. The highest BCUT2D eigenvalue weighted by Crippen LogP contribution is 2.33. The summed E-state index contributed by atoms with van der Waals surface area (Å²) >= 11 is 1.39. The van der Waals surface area contributed by atoms with Crippen LogP contribution in [0.2, 0.25) is 0 Å². The van der Waals surface area contributed by atoms with Gasteiger partial charge in [0.2, 0.25) is 0 Å². The summed E-state index contributed by atoms with van der Waals surface area (Å²) < 4.78 is 16.7. The van der Waals surface area contributed by atoms with Gasteiger partial charge in [-0.1, -0.05) is 6.92 Å². The van der Waals surface area contributed by atoms with Crippen LogP contribution in [0, 0.1) is 0 Å². The lowest BCUT2D eigenvalue weighted by atomic mass is 9.98. The van der Waals surface area contributed by atoms with Crippen LogP contribution in [-0.2, 0) is 14.2 Å². The molecule has 2 rings (SSSR count). The van der Waals surface area contributed by atoms with E-state index in [-0.39, 0.29) is 0 Å². The van der Waals surface area contributed by atoms with Crippen molar-refractivity contribution >= 4 is 11.8 Å². The summed E-state index contributed by atoms with van der Waals surface area (Å²) in [5, 5.41) is 49.8. The molecular formula is C14H26O8S. The second kappa shape index (κ2) is 7.94. The van der Waals surface area contributed by atoms with Gasteiger partial charge in [0.05, 0.1) is 12.2 Å². The van der Waals surface area contributed by atoms with Crippen LogP contribution >= 0.6 is 11.8 Å². The number of hydrogen-bond donors (Lipinski definition) is 5. The molecule has 2 fully saturated rings. The molecule has 136 valence electrons. The highest BCUT2D eigenvalue weighted by atomic mass is 32.2. The van der Waals surface area contributed by atoms with E-state index in [4.69, 9.17) is 14.2 Å². The summed E-state index contributed by atoms with van der Waals surface area (Å²) in [6, 6.07) is 0. The van der Waals surface area contributed by atoms with Crippen LogP contribution in [0.3, 0.4) is 0 Å². The lowest BCUT2D eigenvalue weighted by Gasteiger charge is -2.45. The van der Waals surface area contributed by atoms with Crippen molar-refractivity contribution in [3.8, 4) is 0 Å². The van der Waals surface area contributed by atoms with E-state index >= 15 is 0 Å². The fourth-order valence-electron chi connectivity index (χ4n) is 2.73. The quantitative estimate of drug-likeness (QED) is 0.406. The van der Waals surface area contributed by atoms with Gasteiger partial charge in [-0.25, -0.2) is 0 Å². The molecule has 0 amide bonds. The first-order chi connectivity index (χ1) is 10.8. The minimum absolute atomic E-state index is 0.552. The fourth-order valence-corrected chi connectivity index (χ4v) is 3.72. The number of ether oxygens (including phenoxy) is 3. The van der Waals surface area contributed by atoms with Crippen LogP contribution in [0.25, 0.3) is 0 Å². The summed E-state index contributed by atoms with van der Waals surface area (Å²) in [5.41, 5.74) is -0.552. The normalized spacial score (nSPS) is 51.7. The Morgan fingerprint density at radius 3 is 2.00 bits per heavy atom. The Labute approximate surface area is 139 Å². The zero-order valence-electron chi connectivity index (χ0n) is 13.3. The molecule has 10 atom stereocenters. The van der Waals surface area contributed by atoms with Crippen LogP contribution in [0.5, 0.6) is 0 Å². The molecule has 0 aromatic heterocycles. The zero-order valence-corrected chi connectivity index (χ0v) is 14.2. The van der Waals surface area contributed by atoms with Gasteiger partial charge in [-0.3, -0.25) is 0 Å². The van der Waals surface area contributed by atoms with E-state index in [1.54, 1.807) is 13.8 Å². The Morgan fingerprint density at radius 1 is 0.826 bits per heavy atom. The standard InChI is InChI=1S/C14H26O8S/c1-4-23-14-12(10(18)8(16)6(3)21-14)22-13-11(19)9(17)7(15)5(2)20-13/h5-19H,4H2,1-3H3/t5-,6-,7-,8-,9+,10+,11+,12+,13-,14-/m1/s1. The molecule has 2 aliphatic rings. The maximum absolute atomic E-state index is 10.3. The molecule has 5 N–H and O–H groups in total. The number of hydrogen-bond acceptors (Lipinski definition) is 9. The molecule has 2 aliphatic heterocycles. The second-order valence-electron chi connectivity index (χ2n) is 5.93. The summed E-state index contributed by atoms with van der Waals surface area (Å²) in [4.78, 5) is 0. The number of aliphatic hydroxyl groups is 5. The van der Waals surface area contributed by atoms with Gasteiger partial charge >= 0.3 is 0 Å². The van der Waals surface area contributed by atoms with E-state index in [0.29, 0.717) is 5.75 Å². The predicted octanol–water partition coefficient (Wildman–Crippen LogP) is -1.58. The summed E-state index contributed by atoms with van der Waals surface area (Å²) in [5.74, 6) is 0.700. The van der Waals surface area contributed by atoms with E-state index < -0.39 is 60.6 Å². The first-order valence-corrected chi connectivity index (χ1v) is 8.81. The van der Waals surface area contributed by atoms with Crippen molar-refractivity contribution in [3.05, 3.63) is 0 Å². The molecule has 0 saturated carbocycles. The Morgan fingerprint density at radius 2 is 1.39 bits per heavy atom. The van der Waals surface area contributed by atoms with Crippen LogP contribution < -0.4 is 0 Å². The molecule has 0 aliphatic carbocycles. The molecule has 2 saturated heterocycles. The molecule has 0 spiro atoms. The first kappa shape index (κ1) is 19.4. The lowest BCUT2D eigenvalue weighted by Crippen LogP contribution is -2.62. The number of rotatable bonds is 4. The van der Waals surface area contributed by atoms with Gasteiger partial charge in [-0.05, 0) is 19.6 Å². The van der Waals surface area contributed by atoms with Crippen LogP contribution in [0.1, 0.15) is 20.8 Å². The topological polar surface area (TPSA) is 129 Å². The van der Waals surface area contributed by atoms with Crippen molar-refractivity contribution in [2.75, 3.05) is 5.75 Å². The van der Waals surface area contributed by atoms with Crippen molar-refractivity contribution in [2.45, 2.75) is 81.3 Å².